The normalized spacial score (nSPS) is 21.3. The first-order chi connectivity index (χ1) is 8.90. The van der Waals surface area contributed by atoms with Gasteiger partial charge in [0.1, 0.15) is 0 Å². The highest BCUT2D eigenvalue weighted by Gasteiger charge is 2.29. The Bertz CT molecular complexity index is 565. The van der Waals surface area contributed by atoms with Crippen molar-refractivity contribution < 1.29 is 8.42 Å². The van der Waals surface area contributed by atoms with Gasteiger partial charge in [0.05, 0.1) is 5.69 Å². The average Bonchev–Trinajstić information content (AvgIpc) is 2.34. The zero-order chi connectivity index (χ0) is 14.0. The van der Waals surface area contributed by atoms with Crippen molar-refractivity contribution in [1.82, 2.24) is 4.31 Å². The Morgan fingerprint density at radius 1 is 1.42 bits per heavy atom. The van der Waals surface area contributed by atoms with E-state index in [9.17, 15) is 8.42 Å². The Balaban J connectivity index is 2.23. The highest BCUT2D eigenvalue weighted by molar-refractivity contribution is 14.1. The molecule has 0 amide bonds. The van der Waals surface area contributed by atoms with E-state index in [1.165, 1.54) is 0 Å². The molecule has 7 heteroatoms. The van der Waals surface area contributed by atoms with Gasteiger partial charge in [0, 0.05) is 20.6 Å². The van der Waals surface area contributed by atoms with Crippen molar-refractivity contribution in [1.29, 1.82) is 0 Å². The predicted molar refractivity (Wildman–Crippen MR) is 89.4 cm³/mol. The highest BCUT2D eigenvalue weighted by Crippen LogP contribution is 2.26. The van der Waals surface area contributed by atoms with Crippen LogP contribution in [0, 0.1) is 3.57 Å². The second-order valence-corrected chi connectivity index (χ2v) is 8.39. The van der Waals surface area contributed by atoms with Crippen molar-refractivity contribution >= 4 is 54.4 Å². The molecule has 1 aliphatic rings. The van der Waals surface area contributed by atoms with Crippen molar-refractivity contribution in [2.75, 3.05) is 11.3 Å². The number of hydrogen-bond acceptors (Lipinski definition) is 2. The van der Waals surface area contributed by atoms with Gasteiger partial charge in [-0.15, -0.1) is 0 Å². The Hall–Kier alpha value is 0.140. The molecule has 4 nitrogen and oxygen atoms in total. The Morgan fingerprint density at radius 3 is 2.84 bits per heavy atom. The maximum atomic E-state index is 12.4. The van der Waals surface area contributed by atoms with E-state index in [-0.39, 0.29) is 6.04 Å². The van der Waals surface area contributed by atoms with Crippen LogP contribution in [-0.4, -0.2) is 25.3 Å². The molecule has 1 N–H and O–H groups in total. The molecule has 0 bridgehead atoms. The SMILES string of the molecule is CC1CCCCN1S(=O)(=O)Nc1cc(Br)ccc1I. The van der Waals surface area contributed by atoms with E-state index in [0.717, 1.165) is 27.3 Å². The number of anilines is 1. The van der Waals surface area contributed by atoms with Crippen LogP contribution in [0.1, 0.15) is 26.2 Å². The summed E-state index contributed by atoms with van der Waals surface area (Å²) in [6, 6.07) is 5.62. The minimum absolute atomic E-state index is 0.0658. The van der Waals surface area contributed by atoms with E-state index in [4.69, 9.17) is 0 Å². The standard InChI is InChI=1S/C12H16BrIN2O2S/c1-9-4-2-3-7-16(9)19(17,18)15-12-8-10(13)5-6-11(12)14/h5-6,8-9,15H,2-4,7H2,1H3. The zero-order valence-corrected chi connectivity index (χ0v) is 15.1. The van der Waals surface area contributed by atoms with Crippen LogP contribution in [0.4, 0.5) is 5.69 Å². The summed E-state index contributed by atoms with van der Waals surface area (Å²) in [6.07, 6.45) is 2.96. The lowest BCUT2D eigenvalue weighted by molar-refractivity contribution is 0.270. The molecule has 1 saturated heterocycles. The minimum Gasteiger partial charge on any atom is -0.270 e. The maximum absolute atomic E-state index is 12.4. The summed E-state index contributed by atoms with van der Waals surface area (Å²) in [5.74, 6) is 0. The Morgan fingerprint density at radius 2 is 2.16 bits per heavy atom. The molecule has 0 spiro atoms. The smallest absolute Gasteiger partial charge is 0.270 e. The van der Waals surface area contributed by atoms with E-state index < -0.39 is 10.2 Å². The summed E-state index contributed by atoms with van der Waals surface area (Å²) in [7, 11) is -3.47. The monoisotopic (exact) mass is 458 g/mol. The fourth-order valence-corrected chi connectivity index (χ4v) is 4.73. The second kappa shape index (κ2) is 6.28. The van der Waals surface area contributed by atoms with E-state index in [2.05, 4.69) is 43.2 Å². The predicted octanol–water partition coefficient (Wildman–Crippen LogP) is 3.58. The van der Waals surface area contributed by atoms with Gasteiger partial charge in [0.2, 0.25) is 0 Å². The van der Waals surface area contributed by atoms with E-state index in [1.54, 1.807) is 10.4 Å². The molecule has 1 heterocycles. The number of hydrogen-bond donors (Lipinski definition) is 1. The van der Waals surface area contributed by atoms with Gasteiger partial charge in [-0.1, -0.05) is 22.4 Å². The highest BCUT2D eigenvalue weighted by atomic mass is 127. The van der Waals surface area contributed by atoms with Gasteiger partial charge < -0.3 is 0 Å². The summed E-state index contributed by atoms with van der Waals surface area (Å²) in [4.78, 5) is 0. The fraction of sp³-hybridized carbons (Fsp3) is 0.500. The number of nitrogens with one attached hydrogen (secondary N) is 1. The number of benzene rings is 1. The van der Waals surface area contributed by atoms with Gasteiger partial charge in [-0.2, -0.15) is 12.7 Å². The van der Waals surface area contributed by atoms with Gasteiger partial charge in [-0.05, 0) is 60.6 Å². The van der Waals surface area contributed by atoms with E-state index in [1.807, 2.05) is 19.1 Å². The first-order valence-electron chi connectivity index (χ1n) is 6.15. The van der Waals surface area contributed by atoms with Crippen molar-refractivity contribution in [3.05, 3.63) is 26.2 Å². The first kappa shape index (κ1) is 15.5. The number of piperidine rings is 1. The third kappa shape index (κ3) is 3.83. The molecule has 0 aliphatic carbocycles. The van der Waals surface area contributed by atoms with Crippen molar-refractivity contribution in [3.8, 4) is 0 Å². The molecule has 19 heavy (non-hydrogen) atoms. The summed E-state index contributed by atoms with van der Waals surface area (Å²) in [6.45, 7) is 2.56. The van der Waals surface area contributed by atoms with Gasteiger partial charge >= 0.3 is 10.2 Å². The van der Waals surface area contributed by atoms with E-state index in [0.29, 0.717) is 12.2 Å². The van der Waals surface area contributed by atoms with Crippen molar-refractivity contribution in [2.24, 2.45) is 0 Å². The Labute approximate surface area is 136 Å². The van der Waals surface area contributed by atoms with Gasteiger partial charge in [0.15, 0.2) is 0 Å². The number of halogens is 2. The quantitative estimate of drug-likeness (QED) is 0.703. The van der Waals surface area contributed by atoms with Crippen LogP contribution in [0.15, 0.2) is 22.7 Å². The minimum atomic E-state index is -3.47. The van der Waals surface area contributed by atoms with Crippen LogP contribution in [0.2, 0.25) is 0 Å². The molecular formula is C12H16BrIN2O2S. The lowest BCUT2D eigenvalue weighted by Crippen LogP contribution is -2.44. The average molecular weight is 459 g/mol. The van der Waals surface area contributed by atoms with Crippen LogP contribution in [-0.2, 0) is 10.2 Å². The molecule has 1 unspecified atom stereocenters. The summed E-state index contributed by atoms with van der Waals surface area (Å²) in [5, 5.41) is 0. The number of rotatable bonds is 3. The molecule has 1 aromatic carbocycles. The fourth-order valence-electron chi connectivity index (χ4n) is 2.20. The van der Waals surface area contributed by atoms with Gasteiger partial charge in [0.25, 0.3) is 0 Å². The Kier molecular flexibility index (Phi) is 5.13. The van der Waals surface area contributed by atoms with Crippen LogP contribution in [0.3, 0.4) is 0 Å². The van der Waals surface area contributed by atoms with Crippen LogP contribution < -0.4 is 4.72 Å². The molecule has 106 valence electrons. The molecule has 2 rings (SSSR count). The van der Waals surface area contributed by atoms with E-state index >= 15 is 0 Å². The summed E-state index contributed by atoms with van der Waals surface area (Å²) >= 11 is 5.49. The summed E-state index contributed by atoms with van der Waals surface area (Å²) < 4.78 is 30.8. The molecule has 1 atom stereocenters. The number of nitrogens with zero attached hydrogens (tertiary/aromatic N) is 1. The van der Waals surface area contributed by atoms with Crippen LogP contribution >= 0.6 is 38.5 Å². The van der Waals surface area contributed by atoms with Gasteiger partial charge in [-0.25, -0.2) is 0 Å². The van der Waals surface area contributed by atoms with Crippen molar-refractivity contribution in [3.63, 3.8) is 0 Å². The lowest BCUT2D eigenvalue weighted by atomic mass is 10.1. The molecule has 0 aromatic heterocycles. The third-order valence-electron chi connectivity index (χ3n) is 3.22. The molecule has 0 radical (unpaired) electrons. The molecule has 1 fully saturated rings. The molecule has 1 aromatic rings. The van der Waals surface area contributed by atoms with Gasteiger partial charge in [-0.3, -0.25) is 4.72 Å². The zero-order valence-electron chi connectivity index (χ0n) is 10.6. The molecule has 1 aliphatic heterocycles. The topological polar surface area (TPSA) is 49.4 Å². The second-order valence-electron chi connectivity index (χ2n) is 4.69. The third-order valence-corrected chi connectivity index (χ3v) is 6.29. The van der Waals surface area contributed by atoms with Crippen molar-refractivity contribution in [2.45, 2.75) is 32.2 Å². The molecule has 0 saturated carbocycles. The van der Waals surface area contributed by atoms with Crippen LogP contribution in [0.5, 0.6) is 0 Å². The first-order valence-corrected chi connectivity index (χ1v) is 9.46. The maximum Gasteiger partial charge on any atom is 0.301 e. The lowest BCUT2D eigenvalue weighted by Gasteiger charge is -2.32. The largest absolute Gasteiger partial charge is 0.301 e. The molecular weight excluding hydrogens is 443 g/mol. The summed E-state index contributed by atoms with van der Waals surface area (Å²) in [5.41, 5.74) is 0.618. The van der Waals surface area contributed by atoms with Crippen LogP contribution in [0.25, 0.3) is 0 Å².